The molecule has 1 unspecified atom stereocenters. The highest BCUT2D eigenvalue weighted by Crippen LogP contribution is 2.01. The minimum absolute atomic E-state index is 0.00424. The van der Waals surface area contributed by atoms with Crippen LogP contribution < -0.4 is 0 Å². The Bertz CT molecular complexity index is 329. The molecule has 7 nitrogen and oxygen atoms in total. The quantitative estimate of drug-likeness (QED) is 0.201. The Morgan fingerprint density at radius 3 is 2.25 bits per heavy atom. The molecule has 0 saturated heterocycles. The van der Waals surface area contributed by atoms with Gasteiger partial charge in [0.05, 0.1) is 45.9 Å². The average Bonchev–Trinajstić information content (AvgIpc) is 2.37. The second-order valence-electron chi connectivity index (χ2n) is 3.74. The molecule has 1 atom stereocenters. The van der Waals surface area contributed by atoms with Crippen LogP contribution in [0.25, 0.3) is 0 Å². The number of hydrogen-bond donors (Lipinski definition) is 0. The Hall–Kier alpha value is -0.510. The lowest BCUT2D eigenvalue weighted by atomic mass is 10.6. The van der Waals surface area contributed by atoms with Crippen LogP contribution in [0, 0.1) is 0 Å². The first-order chi connectivity index (χ1) is 9.49. The van der Waals surface area contributed by atoms with Crippen molar-refractivity contribution in [2.75, 3.05) is 52.5 Å². The van der Waals surface area contributed by atoms with Gasteiger partial charge in [0.25, 0.3) is 10.1 Å². The lowest BCUT2D eigenvalue weighted by Crippen LogP contribution is -2.27. The van der Waals surface area contributed by atoms with Gasteiger partial charge in [0.2, 0.25) is 0 Å². The molecule has 0 aliphatic carbocycles. The van der Waals surface area contributed by atoms with Crippen LogP contribution >= 0.6 is 0 Å². The van der Waals surface area contributed by atoms with Gasteiger partial charge in [-0.05, 0) is 6.92 Å². The van der Waals surface area contributed by atoms with Gasteiger partial charge >= 0.3 is 0 Å². The summed E-state index contributed by atoms with van der Waals surface area (Å²) in [5, 5.41) is 0. The molecule has 0 spiro atoms. The van der Waals surface area contributed by atoms with E-state index >= 15 is 0 Å². The molecule has 0 fully saturated rings. The zero-order chi connectivity index (χ0) is 15.3. The predicted octanol–water partition coefficient (Wildman–Crippen LogP) is 0.561. The van der Waals surface area contributed by atoms with Crippen LogP contribution in [0.4, 0.5) is 0 Å². The molecule has 0 aromatic carbocycles. The minimum Gasteiger partial charge on any atom is -0.379 e. The van der Waals surface area contributed by atoms with Gasteiger partial charge in [0, 0.05) is 6.61 Å². The summed E-state index contributed by atoms with van der Waals surface area (Å²) in [4.78, 5) is 0. The highest BCUT2D eigenvalue weighted by atomic mass is 32.2. The lowest BCUT2D eigenvalue weighted by Gasteiger charge is -2.16. The molecule has 0 N–H and O–H groups in total. The Balaban J connectivity index is 3.70. The van der Waals surface area contributed by atoms with E-state index in [0.717, 1.165) is 6.26 Å². The van der Waals surface area contributed by atoms with Crippen LogP contribution in [0.5, 0.6) is 0 Å². The van der Waals surface area contributed by atoms with Crippen molar-refractivity contribution >= 4 is 10.1 Å². The molecule has 0 aromatic rings. The largest absolute Gasteiger partial charge is 0.379 e. The van der Waals surface area contributed by atoms with Gasteiger partial charge in [0.1, 0.15) is 0 Å². The number of ether oxygens (including phenoxy) is 4. The molecule has 0 amide bonds. The third kappa shape index (κ3) is 13.9. The fraction of sp³-hybridized carbons (Fsp3) is 0.833. The minimum atomic E-state index is -3.60. The highest BCUT2D eigenvalue weighted by Gasteiger charge is 2.15. The highest BCUT2D eigenvalue weighted by molar-refractivity contribution is 7.86. The fourth-order valence-corrected chi connectivity index (χ4v) is 1.64. The predicted molar refractivity (Wildman–Crippen MR) is 74.0 cm³/mol. The number of hydrogen-bond acceptors (Lipinski definition) is 7. The Morgan fingerprint density at radius 2 is 1.70 bits per heavy atom. The van der Waals surface area contributed by atoms with Crippen molar-refractivity contribution in [2.45, 2.75) is 13.2 Å². The van der Waals surface area contributed by atoms with E-state index in [2.05, 4.69) is 6.58 Å². The molecule has 0 heterocycles. The fourth-order valence-electron chi connectivity index (χ4n) is 1.14. The van der Waals surface area contributed by atoms with Crippen molar-refractivity contribution in [2.24, 2.45) is 0 Å². The maximum Gasteiger partial charge on any atom is 0.266 e. The summed E-state index contributed by atoms with van der Waals surface area (Å²) >= 11 is 0. The molecule has 8 heteroatoms. The van der Waals surface area contributed by atoms with Crippen molar-refractivity contribution in [1.29, 1.82) is 0 Å². The molecule has 0 bridgehead atoms. The van der Waals surface area contributed by atoms with Crippen LogP contribution in [0.15, 0.2) is 12.7 Å². The van der Waals surface area contributed by atoms with Crippen LogP contribution in [0.3, 0.4) is 0 Å². The van der Waals surface area contributed by atoms with Crippen molar-refractivity contribution in [3.05, 3.63) is 12.7 Å². The second-order valence-corrected chi connectivity index (χ2v) is 5.34. The number of rotatable bonds is 14. The third-order valence-electron chi connectivity index (χ3n) is 1.88. The van der Waals surface area contributed by atoms with Crippen LogP contribution in [-0.4, -0.2) is 67.2 Å². The lowest BCUT2D eigenvalue weighted by molar-refractivity contribution is -0.115. The Kier molecular flexibility index (Phi) is 11.9. The second kappa shape index (κ2) is 12.2. The van der Waals surface area contributed by atoms with Gasteiger partial charge in [-0.15, -0.1) is 6.58 Å². The molecule has 0 aromatic heterocycles. The molecule has 0 rings (SSSR count). The average molecular weight is 312 g/mol. The zero-order valence-corrected chi connectivity index (χ0v) is 12.9. The summed E-state index contributed by atoms with van der Waals surface area (Å²) in [5.41, 5.74) is 0. The molecule has 0 saturated carbocycles. The molecule has 0 radical (unpaired) electrons. The Labute approximate surface area is 120 Å². The van der Waals surface area contributed by atoms with Gasteiger partial charge < -0.3 is 18.9 Å². The first-order valence-electron chi connectivity index (χ1n) is 6.33. The third-order valence-corrected chi connectivity index (χ3v) is 2.45. The summed E-state index contributed by atoms with van der Waals surface area (Å²) < 4.78 is 47.4. The van der Waals surface area contributed by atoms with E-state index < -0.39 is 16.4 Å². The van der Waals surface area contributed by atoms with E-state index in [9.17, 15) is 8.42 Å². The van der Waals surface area contributed by atoms with Gasteiger partial charge in [-0.1, -0.05) is 6.08 Å². The first-order valence-corrected chi connectivity index (χ1v) is 8.15. The van der Waals surface area contributed by atoms with E-state index in [4.69, 9.17) is 23.1 Å². The van der Waals surface area contributed by atoms with Crippen LogP contribution in [0.2, 0.25) is 0 Å². The van der Waals surface area contributed by atoms with Gasteiger partial charge in [0.15, 0.2) is 6.29 Å². The van der Waals surface area contributed by atoms with E-state index in [1.54, 1.807) is 0 Å². The van der Waals surface area contributed by atoms with Crippen LogP contribution in [-0.2, 0) is 33.2 Å². The molecular weight excluding hydrogens is 288 g/mol. The topological polar surface area (TPSA) is 80.3 Å². The summed E-state index contributed by atoms with van der Waals surface area (Å²) in [6.07, 6.45) is 1.47. The van der Waals surface area contributed by atoms with E-state index in [-0.39, 0.29) is 13.2 Å². The normalized spacial score (nSPS) is 13.3. The van der Waals surface area contributed by atoms with Crippen molar-refractivity contribution in [3.63, 3.8) is 0 Å². The molecule has 120 valence electrons. The SMILES string of the molecule is C=CCOC(COCCOCCOCC)OS(C)(=O)=O. The standard InChI is InChI=1S/C12H24O7S/c1-4-6-18-12(19-20(3,13)14)11-17-10-9-16-8-7-15-5-2/h4,12H,1,5-11H2,2-3H3. The van der Waals surface area contributed by atoms with Gasteiger partial charge in [-0.25, -0.2) is 4.18 Å². The van der Waals surface area contributed by atoms with E-state index in [1.165, 1.54) is 6.08 Å². The molecule has 0 aliphatic rings. The molecular formula is C12H24O7S. The summed E-state index contributed by atoms with van der Waals surface area (Å²) in [5.74, 6) is 0. The molecule has 0 aliphatic heterocycles. The Morgan fingerprint density at radius 1 is 1.10 bits per heavy atom. The first kappa shape index (κ1) is 19.5. The van der Waals surface area contributed by atoms with Crippen LogP contribution in [0.1, 0.15) is 6.92 Å². The van der Waals surface area contributed by atoms with Crippen molar-refractivity contribution in [1.82, 2.24) is 0 Å². The molecule has 20 heavy (non-hydrogen) atoms. The smallest absolute Gasteiger partial charge is 0.266 e. The van der Waals surface area contributed by atoms with E-state index in [0.29, 0.717) is 33.0 Å². The monoisotopic (exact) mass is 312 g/mol. The van der Waals surface area contributed by atoms with Gasteiger partial charge in [-0.2, -0.15) is 8.42 Å². The van der Waals surface area contributed by atoms with E-state index in [1.807, 2.05) is 6.92 Å². The summed E-state index contributed by atoms with van der Waals surface area (Å²) in [6, 6.07) is 0. The maximum atomic E-state index is 11.0. The van der Waals surface area contributed by atoms with Gasteiger partial charge in [-0.3, -0.25) is 0 Å². The zero-order valence-electron chi connectivity index (χ0n) is 12.1. The van der Waals surface area contributed by atoms with Crippen molar-refractivity contribution in [3.8, 4) is 0 Å². The summed E-state index contributed by atoms with van der Waals surface area (Å²) in [7, 11) is -3.60. The summed E-state index contributed by atoms with van der Waals surface area (Å²) in [6.45, 7) is 7.95. The maximum absolute atomic E-state index is 11.0. The van der Waals surface area contributed by atoms with Crippen molar-refractivity contribution < 1.29 is 31.5 Å².